The lowest BCUT2D eigenvalue weighted by Crippen LogP contribution is -2.05. The van der Waals surface area contributed by atoms with Crippen LogP contribution in [0.15, 0.2) is 30.3 Å². The molecule has 18 heavy (non-hydrogen) atoms. The fourth-order valence-electron chi connectivity index (χ4n) is 1.93. The number of aryl methyl sites for hydroxylation is 1. The molecule has 0 fully saturated rings. The van der Waals surface area contributed by atoms with Crippen molar-refractivity contribution in [1.29, 1.82) is 0 Å². The summed E-state index contributed by atoms with van der Waals surface area (Å²) in [5.41, 5.74) is 2.13. The molecule has 0 unspecified atom stereocenters. The van der Waals surface area contributed by atoms with E-state index in [4.69, 9.17) is 4.74 Å². The quantitative estimate of drug-likeness (QED) is 0.777. The molecule has 0 bridgehead atoms. The number of benzene rings is 1. The molecule has 0 saturated carbocycles. The Morgan fingerprint density at radius 2 is 2.00 bits per heavy atom. The number of nitrogens with zero attached hydrogens (tertiary/aromatic N) is 2. The molecule has 0 amide bonds. The second kappa shape index (κ2) is 5.04. The smallest absolute Gasteiger partial charge is 0.228 e. The van der Waals surface area contributed by atoms with Crippen molar-refractivity contribution in [2.24, 2.45) is 0 Å². The zero-order chi connectivity index (χ0) is 13.1. The zero-order valence-electron chi connectivity index (χ0n) is 10.8. The number of para-hydroxylation sites is 1. The highest BCUT2D eigenvalue weighted by Gasteiger charge is 2.20. The lowest BCUT2D eigenvalue weighted by atomic mass is 10.2. The van der Waals surface area contributed by atoms with Crippen molar-refractivity contribution in [3.8, 4) is 11.6 Å². The molecule has 2 aromatic rings. The van der Waals surface area contributed by atoms with Crippen molar-refractivity contribution < 1.29 is 9.53 Å². The molecule has 0 atom stereocenters. The van der Waals surface area contributed by atoms with Crippen molar-refractivity contribution in [2.75, 3.05) is 6.61 Å². The third-order valence-corrected chi connectivity index (χ3v) is 2.65. The van der Waals surface area contributed by atoms with Crippen LogP contribution in [0.5, 0.6) is 5.88 Å². The van der Waals surface area contributed by atoms with Crippen molar-refractivity contribution in [3.63, 3.8) is 0 Å². The Labute approximate surface area is 106 Å². The van der Waals surface area contributed by atoms with Crippen LogP contribution in [-0.4, -0.2) is 22.2 Å². The molecule has 1 heterocycles. The number of hydrogen-bond acceptors (Lipinski definition) is 3. The van der Waals surface area contributed by atoms with E-state index in [9.17, 15) is 4.79 Å². The maximum absolute atomic E-state index is 11.7. The van der Waals surface area contributed by atoms with Gasteiger partial charge in [-0.1, -0.05) is 18.2 Å². The molecule has 0 aliphatic carbocycles. The second-order valence-corrected chi connectivity index (χ2v) is 4.00. The molecule has 0 aliphatic heterocycles. The van der Waals surface area contributed by atoms with Crippen LogP contribution in [0.4, 0.5) is 0 Å². The minimum atomic E-state index is -0.0295. The summed E-state index contributed by atoms with van der Waals surface area (Å²) in [6, 6.07) is 9.65. The van der Waals surface area contributed by atoms with E-state index in [0.717, 1.165) is 5.69 Å². The lowest BCUT2D eigenvalue weighted by Gasteiger charge is -2.08. The van der Waals surface area contributed by atoms with E-state index < -0.39 is 0 Å². The van der Waals surface area contributed by atoms with Gasteiger partial charge in [0.1, 0.15) is 5.56 Å². The molecule has 1 aromatic heterocycles. The summed E-state index contributed by atoms with van der Waals surface area (Å²) in [5, 5.41) is 4.39. The largest absolute Gasteiger partial charge is 0.477 e. The van der Waals surface area contributed by atoms with E-state index in [1.807, 2.05) is 44.2 Å². The average molecular weight is 244 g/mol. The molecule has 1 aromatic carbocycles. The number of carbonyl (C=O) groups excluding carboxylic acids is 1. The highest BCUT2D eigenvalue weighted by atomic mass is 16.5. The maximum atomic E-state index is 11.7. The van der Waals surface area contributed by atoms with E-state index in [2.05, 4.69) is 5.10 Å². The van der Waals surface area contributed by atoms with Gasteiger partial charge in [0.15, 0.2) is 5.78 Å². The van der Waals surface area contributed by atoms with Crippen molar-refractivity contribution >= 4 is 5.78 Å². The van der Waals surface area contributed by atoms with E-state index in [1.165, 1.54) is 6.92 Å². The predicted octanol–water partition coefficient (Wildman–Crippen LogP) is 2.78. The van der Waals surface area contributed by atoms with Gasteiger partial charge in [0.25, 0.3) is 0 Å². The standard InChI is InChI=1S/C14H16N2O2/c1-4-18-14-13(11(3)17)10(2)15-16(14)12-8-6-5-7-9-12/h5-9H,4H2,1-3H3. The number of ketones is 1. The Bertz CT molecular complexity index is 559. The number of rotatable bonds is 4. The SMILES string of the molecule is CCOc1c(C(C)=O)c(C)nn1-c1ccccc1. The van der Waals surface area contributed by atoms with Crippen molar-refractivity contribution in [2.45, 2.75) is 20.8 Å². The predicted molar refractivity (Wildman–Crippen MR) is 69.5 cm³/mol. The first-order valence-electron chi connectivity index (χ1n) is 5.94. The molecular formula is C14H16N2O2. The molecule has 0 N–H and O–H groups in total. The minimum Gasteiger partial charge on any atom is -0.477 e. The minimum absolute atomic E-state index is 0.0295. The molecule has 4 heteroatoms. The Balaban J connectivity index is 2.61. The van der Waals surface area contributed by atoms with Gasteiger partial charge in [-0.15, -0.1) is 0 Å². The van der Waals surface area contributed by atoms with E-state index in [0.29, 0.717) is 23.7 Å². The number of carbonyl (C=O) groups is 1. The fourth-order valence-corrected chi connectivity index (χ4v) is 1.93. The van der Waals surface area contributed by atoms with Gasteiger partial charge in [0.2, 0.25) is 5.88 Å². The summed E-state index contributed by atoms with van der Waals surface area (Å²) in [6.45, 7) is 5.74. The van der Waals surface area contributed by atoms with Gasteiger partial charge in [0, 0.05) is 0 Å². The third kappa shape index (κ3) is 2.14. The molecule has 0 saturated heterocycles. The van der Waals surface area contributed by atoms with Gasteiger partial charge < -0.3 is 4.74 Å². The van der Waals surface area contributed by atoms with Gasteiger partial charge in [-0.2, -0.15) is 5.10 Å². The molecule has 0 aliphatic rings. The normalized spacial score (nSPS) is 10.4. The Morgan fingerprint density at radius 1 is 1.33 bits per heavy atom. The topological polar surface area (TPSA) is 44.1 Å². The van der Waals surface area contributed by atoms with Crippen LogP contribution in [0.3, 0.4) is 0 Å². The summed E-state index contributed by atoms with van der Waals surface area (Å²) in [7, 11) is 0. The first kappa shape index (κ1) is 12.4. The summed E-state index contributed by atoms with van der Waals surface area (Å²) in [5.74, 6) is 0.492. The molecule has 4 nitrogen and oxygen atoms in total. The average Bonchev–Trinajstić information content (AvgIpc) is 2.68. The van der Waals surface area contributed by atoms with Gasteiger partial charge in [-0.3, -0.25) is 4.79 Å². The van der Waals surface area contributed by atoms with Crippen molar-refractivity contribution in [3.05, 3.63) is 41.6 Å². The number of hydrogen-bond donors (Lipinski definition) is 0. The van der Waals surface area contributed by atoms with E-state index >= 15 is 0 Å². The fraction of sp³-hybridized carbons (Fsp3) is 0.286. The summed E-state index contributed by atoms with van der Waals surface area (Å²) in [6.07, 6.45) is 0. The maximum Gasteiger partial charge on any atom is 0.228 e. The van der Waals surface area contributed by atoms with Crippen molar-refractivity contribution in [1.82, 2.24) is 9.78 Å². The Morgan fingerprint density at radius 3 is 2.56 bits per heavy atom. The van der Waals surface area contributed by atoms with E-state index in [-0.39, 0.29) is 5.78 Å². The number of aromatic nitrogens is 2. The highest BCUT2D eigenvalue weighted by Crippen LogP contribution is 2.26. The first-order valence-corrected chi connectivity index (χ1v) is 5.94. The molecule has 0 spiro atoms. The number of Topliss-reactive ketones (excluding diaryl/α,β-unsaturated/α-hetero) is 1. The van der Waals surface area contributed by atoms with E-state index in [1.54, 1.807) is 4.68 Å². The lowest BCUT2D eigenvalue weighted by molar-refractivity contribution is 0.101. The Hall–Kier alpha value is -2.10. The van der Waals surface area contributed by atoms with Crippen LogP contribution < -0.4 is 4.74 Å². The van der Waals surface area contributed by atoms with Crippen LogP contribution in [-0.2, 0) is 0 Å². The van der Waals surface area contributed by atoms with Crippen LogP contribution in [0.2, 0.25) is 0 Å². The molecular weight excluding hydrogens is 228 g/mol. The van der Waals surface area contributed by atoms with Crippen LogP contribution in [0, 0.1) is 6.92 Å². The number of ether oxygens (including phenoxy) is 1. The molecule has 0 radical (unpaired) electrons. The summed E-state index contributed by atoms with van der Waals surface area (Å²) in [4.78, 5) is 11.7. The molecule has 2 rings (SSSR count). The monoisotopic (exact) mass is 244 g/mol. The summed E-state index contributed by atoms with van der Waals surface area (Å²) < 4.78 is 7.26. The Kier molecular flexibility index (Phi) is 3.46. The zero-order valence-corrected chi connectivity index (χ0v) is 10.8. The summed E-state index contributed by atoms with van der Waals surface area (Å²) >= 11 is 0. The highest BCUT2D eigenvalue weighted by molar-refractivity contribution is 5.97. The first-order chi connectivity index (χ1) is 8.65. The van der Waals surface area contributed by atoms with Gasteiger partial charge in [-0.05, 0) is 32.9 Å². The third-order valence-electron chi connectivity index (χ3n) is 2.65. The van der Waals surface area contributed by atoms with Gasteiger partial charge in [0.05, 0.1) is 18.0 Å². The van der Waals surface area contributed by atoms with Crippen LogP contribution in [0.1, 0.15) is 29.9 Å². The van der Waals surface area contributed by atoms with Gasteiger partial charge >= 0.3 is 0 Å². The second-order valence-electron chi connectivity index (χ2n) is 4.00. The van der Waals surface area contributed by atoms with Crippen LogP contribution in [0.25, 0.3) is 5.69 Å². The molecule has 94 valence electrons. The van der Waals surface area contributed by atoms with Gasteiger partial charge in [-0.25, -0.2) is 4.68 Å². The van der Waals surface area contributed by atoms with Crippen LogP contribution >= 0.6 is 0 Å².